The summed E-state index contributed by atoms with van der Waals surface area (Å²) >= 11 is 0. The number of amides is 1. The minimum Gasteiger partial charge on any atom is -0.322 e. The maximum atomic E-state index is 13.9. The van der Waals surface area contributed by atoms with E-state index in [4.69, 9.17) is 0 Å². The third kappa shape index (κ3) is 4.11. The lowest BCUT2D eigenvalue weighted by Crippen LogP contribution is -2.16. The third-order valence-electron chi connectivity index (χ3n) is 4.00. The Morgan fingerprint density at radius 3 is 2.32 bits per heavy atom. The van der Waals surface area contributed by atoms with E-state index in [1.807, 2.05) is 26.0 Å². The highest BCUT2D eigenvalue weighted by Gasteiger charge is 2.16. The van der Waals surface area contributed by atoms with Crippen LogP contribution in [-0.4, -0.2) is 15.9 Å². The fourth-order valence-electron chi connectivity index (χ4n) is 2.62. The molecule has 0 radical (unpaired) electrons. The van der Waals surface area contributed by atoms with E-state index in [0.29, 0.717) is 11.4 Å². The maximum Gasteiger partial charge on any atom is 0.274 e. The van der Waals surface area contributed by atoms with E-state index < -0.39 is 23.4 Å². The molecule has 0 bridgehead atoms. The minimum absolute atomic E-state index is 0.0398. The molecular weight excluding hydrogens is 369 g/mol. The Balaban J connectivity index is 1.87. The van der Waals surface area contributed by atoms with Gasteiger partial charge in [-0.05, 0) is 50.6 Å². The summed E-state index contributed by atoms with van der Waals surface area (Å²) in [7, 11) is 0. The number of benzene rings is 2. The van der Waals surface area contributed by atoms with Crippen LogP contribution in [0.1, 0.15) is 27.3 Å². The highest BCUT2D eigenvalue weighted by molar-refractivity contribution is 6.03. The summed E-state index contributed by atoms with van der Waals surface area (Å²) in [5.74, 6) is -4.90. The predicted octanol–water partition coefficient (Wildman–Crippen LogP) is 4.82. The molecule has 3 aromatic rings. The smallest absolute Gasteiger partial charge is 0.274 e. The molecule has 2 aromatic carbocycles. The summed E-state index contributed by atoms with van der Waals surface area (Å²) < 4.78 is 40.3. The van der Waals surface area contributed by atoms with Gasteiger partial charge in [-0.15, -0.1) is 0 Å². The van der Waals surface area contributed by atoms with Gasteiger partial charge in [-0.1, -0.05) is 17.7 Å². The first-order valence-corrected chi connectivity index (χ1v) is 8.39. The van der Waals surface area contributed by atoms with E-state index in [-0.39, 0.29) is 17.3 Å². The number of aromatic nitrogens is 2. The molecule has 0 aliphatic heterocycles. The lowest BCUT2D eigenvalue weighted by atomic mass is 10.1. The van der Waals surface area contributed by atoms with Gasteiger partial charge in [0.15, 0.2) is 17.5 Å². The van der Waals surface area contributed by atoms with Crippen LogP contribution >= 0.6 is 0 Å². The van der Waals surface area contributed by atoms with Gasteiger partial charge in [-0.2, -0.15) is 0 Å². The molecule has 1 aromatic heterocycles. The molecule has 1 amide bonds. The predicted molar refractivity (Wildman–Crippen MR) is 100 cm³/mol. The molecule has 0 unspecified atom stereocenters. The van der Waals surface area contributed by atoms with Crippen LogP contribution < -0.4 is 10.6 Å². The topological polar surface area (TPSA) is 66.9 Å². The molecule has 0 saturated carbocycles. The Morgan fingerprint density at radius 2 is 1.61 bits per heavy atom. The maximum absolute atomic E-state index is 13.9. The summed E-state index contributed by atoms with van der Waals surface area (Å²) in [4.78, 5) is 20.7. The standard InChI is InChI=1S/C20H17F3N4O/c1-10-4-6-14(11(2)8-10)25-19(28)16-9-12(3)24-20(27-16)26-15-7-5-13(21)17(22)18(15)23/h4-9H,1-3H3,(H,25,28)(H,24,26,27). The molecule has 5 nitrogen and oxygen atoms in total. The second kappa shape index (κ2) is 7.67. The third-order valence-corrected chi connectivity index (χ3v) is 4.00. The van der Waals surface area contributed by atoms with E-state index in [2.05, 4.69) is 20.6 Å². The van der Waals surface area contributed by atoms with Gasteiger partial charge in [0, 0.05) is 11.4 Å². The van der Waals surface area contributed by atoms with Crippen molar-refractivity contribution >= 4 is 23.2 Å². The minimum atomic E-state index is -1.61. The van der Waals surface area contributed by atoms with Crippen LogP contribution in [-0.2, 0) is 0 Å². The summed E-state index contributed by atoms with van der Waals surface area (Å²) in [5.41, 5.74) is 2.72. The Labute approximate surface area is 159 Å². The molecule has 0 saturated heterocycles. The van der Waals surface area contributed by atoms with Crippen molar-refractivity contribution in [3.05, 3.63) is 76.4 Å². The average molecular weight is 386 g/mol. The first-order valence-electron chi connectivity index (χ1n) is 8.39. The first-order chi connectivity index (χ1) is 13.2. The van der Waals surface area contributed by atoms with Crippen LogP contribution in [0.3, 0.4) is 0 Å². The Hall–Kier alpha value is -3.42. The molecule has 0 aliphatic carbocycles. The van der Waals surface area contributed by atoms with Gasteiger partial charge in [0.05, 0.1) is 5.69 Å². The zero-order valence-corrected chi connectivity index (χ0v) is 15.4. The second-order valence-electron chi connectivity index (χ2n) is 6.34. The van der Waals surface area contributed by atoms with E-state index in [1.165, 1.54) is 6.07 Å². The second-order valence-corrected chi connectivity index (χ2v) is 6.34. The van der Waals surface area contributed by atoms with Crippen LogP contribution in [0.4, 0.5) is 30.5 Å². The highest BCUT2D eigenvalue weighted by Crippen LogP contribution is 2.23. The zero-order valence-electron chi connectivity index (χ0n) is 15.4. The number of aryl methyl sites for hydroxylation is 3. The average Bonchev–Trinajstić information content (AvgIpc) is 2.64. The van der Waals surface area contributed by atoms with Gasteiger partial charge in [0.2, 0.25) is 5.95 Å². The van der Waals surface area contributed by atoms with E-state index in [0.717, 1.165) is 23.3 Å². The van der Waals surface area contributed by atoms with E-state index in [9.17, 15) is 18.0 Å². The number of hydrogen-bond acceptors (Lipinski definition) is 4. The van der Waals surface area contributed by atoms with E-state index >= 15 is 0 Å². The van der Waals surface area contributed by atoms with Crippen molar-refractivity contribution < 1.29 is 18.0 Å². The van der Waals surface area contributed by atoms with Crippen molar-refractivity contribution in [1.29, 1.82) is 0 Å². The molecule has 3 rings (SSSR count). The molecule has 0 aliphatic rings. The number of rotatable bonds is 4. The quantitative estimate of drug-likeness (QED) is 0.631. The molecule has 0 spiro atoms. The van der Waals surface area contributed by atoms with Gasteiger partial charge >= 0.3 is 0 Å². The fraction of sp³-hybridized carbons (Fsp3) is 0.150. The first kappa shape index (κ1) is 19.3. The van der Waals surface area contributed by atoms with Crippen molar-refractivity contribution in [2.24, 2.45) is 0 Å². The Bertz CT molecular complexity index is 1070. The molecule has 2 N–H and O–H groups in total. The summed E-state index contributed by atoms with van der Waals surface area (Å²) in [6.45, 7) is 5.44. The Kier molecular flexibility index (Phi) is 5.30. The molecule has 1 heterocycles. The number of nitrogens with one attached hydrogen (secondary N) is 2. The monoisotopic (exact) mass is 386 g/mol. The molecular formula is C20H17F3N4O. The summed E-state index contributed by atoms with van der Waals surface area (Å²) in [6.07, 6.45) is 0. The van der Waals surface area contributed by atoms with Crippen molar-refractivity contribution in [2.75, 3.05) is 10.6 Å². The van der Waals surface area contributed by atoms with Gasteiger partial charge in [-0.25, -0.2) is 23.1 Å². The van der Waals surface area contributed by atoms with Gasteiger partial charge in [0.25, 0.3) is 5.91 Å². The normalized spacial score (nSPS) is 10.6. The van der Waals surface area contributed by atoms with Crippen LogP contribution in [0.25, 0.3) is 0 Å². The number of carbonyl (C=O) groups excluding carboxylic acids is 1. The van der Waals surface area contributed by atoms with Gasteiger partial charge < -0.3 is 10.6 Å². The van der Waals surface area contributed by atoms with Crippen LogP contribution in [0.15, 0.2) is 36.4 Å². The Morgan fingerprint density at radius 1 is 0.893 bits per heavy atom. The summed E-state index contributed by atoms with van der Waals surface area (Å²) in [5, 5.41) is 5.23. The number of nitrogens with zero attached hydrogens (tertiary/aromatic N) is 2. The lowest BCUT2D eigenvalue weighted by Gasteiger charge is -2.11. The van der Waals surface area contributed by atoms with Crippen molar-refractivity contribution in [3.8, 4) is 0 Å². The highest BCUT2D eigenvalue weighted by atomic mass is 19.2. The van der Waals surface area contributed by atoms with Gasteiger partial charge in [0.1, 0.15) is 5.69 Å². The summed E-state index contributed by atoms with van der Waals surface area (Å²) in [6, 6.07) is 8.85. The van der Waals surface area contributed by atoms with Gasteiger partial charge in [-0.3, -0.25) is 4.79 Å². The molecule has 28 heavy (non-hydrogen) atoms. The number of halogens is 3. The zero-order chi connectivity index (χ0) is 20.4. The number of carbonyl (C=O) groups is 1. The number of hydrogen-bond donors (Lipinski definition) is 2. The van der Waals surface area contributed by atoms with Crippen LogP contribution in [0, 0.1) is 38.2 Å². The van der Waals surface area contributed by atoms with Crippen LogP contribution in [0.5, 0.6) is 0 Å². The molecule has 144 valence electrons. The van der Waals surface area contributed by atoms with Crippen molar-refractivity contribution in [1.82, 2.24) is 9.97 Å². The SMILES string of the molecule is Cc1ccc(NC(=O)c2cc(C)nc(Nc3ccc(F)c(F)c3F)n2)c(C)c1. The lowest BCUT2D eigenvalue weighted by molar-refractivity contribution is 0.102. The van der Waals surface area contributed by atoms with Crippen LogP contribution in [0.2, 0.25) is 0 Å². The molecule has 0 fully saturated rings. The van der Waals surface area contributed by atoms with Crippen molar-refractivity contribution in [3.63, 3.8) is 0 Å². The molecule has 0 atom stereocenters. The fourth-order valence-corrected chi connectivity index (χ4v) is 2.62. The number of anilines is 3. The molecule has 8 heteroatoms. The van der Waals surface area contributed by atoms with Crippen molar-refractivity contribution in [2.45, 2.75) is 20.8 Å². The van der Waals surface area contributed by atoms with E-state index in [1.54, 1.807) is 13.0 Å². The largest absolute Gasteiger partial charge is 0.322 e.